The predicted molar refractivity (Wildman–Crippen MR) is 83.5 cm³/mol. The zero-order valence-electron chi connectivity index (χ0n) is 12.2. The molecule has 2 aliphatic carbocycles. The molecule has 4 rings (SSSR count). The van der Waals surface area contributed by atoms with E-state index < -0.39 is 0 Å². The van der Waals surface area contributed by atoms with E-state index in [1.165, 1.54) is 18.4 Å². The summed E-state index contributed by atoms with van der Waals surface area (Å²) in [5.74, 6) is 0.934. The fourth-order valence-corrected chi connectivity index (χ4v) is 3.75. The van der Waals surface area contributed by atoms with Crippen molar-refractivity contribution in [3.05, 3.63) is 34.9 Å². The number of rotatable bonds is 3. The lowest BCUT2D eigenvalue weighted by molar-refractivity contribution is -0.134. The lowest BCUT2D eigenvalue weighted by atomic mass is 10.1. The second-order valence-corrected chi connectivity index (χ2v) is 7.03. The Morgan fingerprint density at radius 1 is 1.14 bits per heavy atom. The molecule has 112 valence electrons. The van der Waals surface area contributed by atoms with Crippen molar-refractivity contribution in [2.75, 3.05) is 26.2 Å². The second kappa shape index (κ2) is 5.29. The van der Waals surface area contributed by atoms with Crippen LogP contribution >= 0.6 is 11.6 Å². The Labute approximate surface area is 130 Å². The molecule has 0 spiro atoms. The van der Waals surface area contributed by atoms with Gasteiger partial charge in [0.05, 0.1) is 0 Å². The van der Waals surface area contributed by atoms with E-state index in [1.54, 1.807) is 0 Å². The Morgan fingerprint density at radius 2 is 1.90 bits per heavy atom. The van der Waals surface area contributed by atoms with Crippen LogP contribution in [0.4, 0.5) is 0 Å². The van der Waals surface area contributed by atoms with E-state index in [0.29, 0.717) is 11.8 Å². The molecule has 3 aliphatic rings. The van der Waals surface area contributed by atoms with Gasteiger partial charge in [0.25, 0.3) is 0 Å². The number of hydrogen-bond acceptors (Lipinski definition) is 2. The maximum absolute atomic E-state index is 12.6. The summed E-state index contributed by atoms with van der Waals surface area (Å²) >= 11 is 6.04. The summed E-state index contributed by atoms with van der Waals surface area (Å²) in [7, 11) is 0. The molecule has 2 saturated carbocycles. The van der Waals surface area contributed by atoms with Crippen LogP contribution in [0.25, 0.3) is 0 Å². The summed E-state index contributed by atoms with van der Waals surface area (Å²) in [6.07, 6.45) is 3.70. The molecule has 0 radical (unpaired) electrons. The van der Waals surface area contributed by atoms with Crippen molar-refractivity contribution in [3.63, 3.8) is 0 Å². The fraction of sp³-hybridized carbons (Fsp3) is 0.588. The molecule has 0 bridgehead atoms. The molecule has 0 N–H and O–H groups in total. The van der Waals surface area contributed by atoms with Crippen molar-refractivity contribution in [1.82, 2.24) is 9.80 Å². The fourth-order valence-electron chi connectivity index (χ4n) is 3.56. The number of halogens is 1. The monoisotopic (exact) mass is 304 g/mol. The standard InChI is InChI=1S/C17H21ClN2O/c18-13-3-1-2-12(10-13)15-11-16(15)17(21)20-8-6-19(7-9-20)14-4-5-14/h1-3,10,14-16H,4-9,11H2/t15-,16-/m1/s1. The first-order valence-corrected chi connectivity index (χ1v) is 8.38. The van der Waals surface area contributed by atoms with Crippen molar-refractivity contribution >= 4 is 17.5 Å². The van der Waals surface area contributed by atoms with Gasteiger partial charge in [-0.2, -0.15) is 0 Å². The molecule has 2 atom stereocenters. The molecule has 1 saturated heterocycles. The van der Waals surface area contributed by atoms with Crippen LogP contribution in [-0.2, 0) is 4.79 Å². The molecule has 21 heavy (non-hydrogen) atoms. The highest BCUT2D eigenvalue weighted by molar-refractivity contribution is 6.30. The van der Waals surface area contributed by atoms with Crippen LogP contribution < -0.4 is 0 Å². The molecular weight excluding hydrogens is 284 g/mol. The van der Waals surface area contributed by atoms with E-state index in [-0.39, 0.29) is 5.92 Å². The van der Waals surface area contributed by atoms with Gasteiger partial charge in [-0.25, -0.2) is 0 Å². The molecule has 0 unspecified atom stereocenters. The van der Waals surface area contributed by atoms with Crippen LogP contribution in [0.5, 0.6) is 0 Å². The zero-order valence-corrected chi connectivity index (χ0v) is 12.9. The van der Waals surface area contributed by atoms with Crippen molar-refractivity contribution in [2.24, 2.45) is 5.92 Å². The molecule has 4 heteroatoms. The van der Waals surface area contributed by atoms with Gasteiger partial charge >= 0.3 is 0 Å². The van der Waals surface area contributed by atoms with Gasteiger partial charge in [-0.15, -0.1) is 0 Å². The highest BCUT2D eigenvalue weighted by atomic mass is 35.5. The third-order valence-corrected chi connectivity index (χ3v) is 5.31. The summed E-state index contributed by atoms with van der Waals surface area (Å²) in [5, 5.41) is 0.767. The third kappa shape index (κ3) is 2.82. The van der Waals surface area contributed by atoms with E-state index in [4.69, 9.17) is 11.6 Å². The summed E-state index contributed by atoms with van der Waals surface area (Å²) in [5.41, 5.74) is 1.22. The lowest BCUT2D eigenvalue weighted by Gasteiger charge is -2.35. The summed E-state index contributed by atoms with van der Waals surface area (Å²) in [4.78, 5) is 17.2. The topological polar surface area (TPSA) is 23.6 Å². The van der Waals surface area contributed by atoms with E-state index in [0.717, 1.165) is 43.7 Å². The first-order chi connectivity index (χ1) is 10.2. The van der Waals surface area contributed by atoms with Crippen LogP contribution in [0.2, 0.25) is 5.02 Å². The average Bonchev–Trinajstić information content (AvgIpc) is 3.40. The SMILES string of the molecule is O=C([C@@H]1C[C@@H]1c1cccc(Cl)c1)N1CCN(C2CC2)CC1. The Balaban J connectivity index is 1.34. The molecule has 1 heterocycles. The van der Waals surface area contributed by atoms with E-state index in [2.05, 4.69) is 15.9 Å². The van der Waals surface area contributed by atoms with Crippen molar-refractivity contribution < 1.29 is 4.79 Å². The number of carbonyl (C=O) groups excluding carboxylic acids is 1. The lowest BCUT2D eigenvalue weighted by Crippen LogP contribution is -2.49. The van der Waals surface area contributed by atoms with Gasteiger partial charge in [0.1, 0.15) is 0 Å². The third-order valence-electron chi connectivity index (χ3n) is 5.07. The minimum Gasteiger partial charge on any atom is -0.340 e. The quantitative estimate of drug-likeness (QED) is 0.857. The molecule has 1 aromatic rings. The number of piperazine rings is 1. The maximum atomic E-state index is 12.6. The Kier molecular flexibility index (Phi) is 3.43. The van der Waals surface area contributed by atoms with Gasteiger partial charge in [0.15, 0.2) is 0 Å². The highest BCUT2D eigenvalue weighted by Crippen LogP contribution is 2.49. The van der Waals surface area contributed by atoms with E-state index >= 15 is 0 Å². The first-order valence-electron chi connectivity index (χ1n) is 8.00. The van der Waals surface area contributed by atoms with Crippen molar-refractivity contribution in [1.29, 1.82) is 0 Å². The van der Waals surface area contributed by atoms with Crippen LogP contribution in [-0.4, -0.2) is 47.9 Å². The van der Waals surface area contributed by atoms with Crippen LogP contribution in [0.3, 0.4) is 0 Å². The minimum absolute atomic E-state index is 0.191. The molecule has 3 nitrogen and oxygen atoms in total. The van der Waals surface area contributed by atoms with Gasteiger partial charge in [-0.3, -0.25) is 9.69 Å². The number of amides is 1. The van der Waals surface area contributed by atoms with Gasteiger partial charge in [0, 0.05) is 43.2 Å². The summed E-state index contributed by atoms with van der Waals surface area (Å²) < 4.78 is 0. The van der Waals surface area contributed by atoms with Crippen LogP contribution in [0, 0.1) is 5.92 Å². The summed E-state index contributed by atoms with van der Waals surface area (Å²) in [6.45, 7) is 3.94. The predicted octanol–water partition coefficient (Wildman–Crippen LogP) is 2.75. The number of hydrogen-bond donors (Lipinski definition) is 0. The molecular formula is C17H21ClN2O. The van der Waals surface area contributed by atoms with E-state index in [1.807, 2.05) is 18.2 Å². The molecule has 1 aliphatic heterocycles. The van der Waals surface area contributed by atoms with Crippen LogP contribution in [0.15, 0.2) is 24.3 Å². The Morgan fingerprint density at radius 3 is 2.57 bits per heavy atom. The molecule has 0 aromatic heterocycles. The Hall–Kier alpha value is -1.06. The number of benzene rings is 1. The zero-order chi connectivity index (χ0) is 14.4. The summed E-state index contributed by atoms with van der Waals surface area (Å²) in [6, 6.07) is 8.79. The van der Waals surface area contributed by atoms with Gasteiger partial charge in [-0.05, 0) is 42.9 Å². The van der Waals surface area contributed by atoms with Gasteiger partial charge in [0.2, 0.25) is 5.91 Å². The Bertz CT molecular complexity index is 549. The van der Waals surface area contributed by atoms with Crippen LogP contribution in [0.1, 0.15) is 30.7 Å². The van der Waals surface area contributed by atoms with Crippen molar-refractivity contribution in [2.45, 2.75) is 31.2 Å². The molecule has 1 aromatic carbocycles. The highest BCUT2D eigenvalue weighted by Gasteiger charge is 2.46. The van der Waals surface area contributed by atoms with E-state index in [9.17, 15) is 4.79 Å². The minimum atomic E-state index is 0.191. The maximum Gasteiger partial charge on any atom is 0.226 e. The molecule has 3 fully saturated rings. The number of carbonyl (C=O) groups is 1. The average molecular weight is 305 g/mol. The molecule has 1 amide bonds. The smallest absolute Gasteiger partial charge is 0.226 e. The normalized spacial score (nSPS) is 29.5. The second-order valence-electron chi connectivity index (χ2n) is 6.60. The number of nitrogens with zero attached hydrogens (tertiary/aromatic N) is 2. The van der Waals surface area contributed by atoms with Crippen molar-refractivity contribution in [3.8, 4) is 0 Å². The first kappa shape index (κ1) is 13.6. The van der Waals surface area contributed by atoms with Gasteiger partial charge in [-0.1, -0.05) is 23.7 Å². The van der Waals surface area contributed by atoms with Gasteiger partial charge < -0.3 is 4.90 Å². The largest absolute Gasteiger partial charge is 0.340 e.